The summed E-state index contributed by atoms with van der Waals surface area (Å²) in [5, 5.41) is 6.88. The quantitative estimate of drug-likeness (QED) is 0.846. The van der Waals surface area contributed by atoms with Crippen molar-refractivity contribution in [1.29, 1.82) is 0 Å². The summed E-state index contributed by atoms with van der Waals surface area (Å²) in [4.78, 5) is 0. The monoisotopic (exact) mass is 294 g/mol. The van der Waals surface area contributed by atoms with Gasteiger partial charge in [0.25, 0.3) is 0 Å². The molecule has 3 rings (SSSR count). The van der Waals surface area contributed by atoms with Crippen LogP contribution in [-0.4, -0.2) is 23.0 Å². The topological polar surface area (TPSA) is 24.8 Å². The van der Waals surface area contributed by atoms with Gasteiger partial charge in [0.2, 0.25) is 5.90 Å². The van der Waals surface area contributed by atoms with Crippen LogP contribution in [0, 0.1) is 0 Å². The second-order valence-electron chi connectivity index (χ2n) is 5.93. The van der Waals surface area contributed by atoms with E-state index in [1.807, 2.05) is 36.4 Å². The molecule has 0 spiro atoms. The molecule has 2 aromatic rings. The molecule has 0 aromatic heterocycles. The maximum Gasteiger partial charge on any atom is 0.238 e. The third kappa shape index (κ3) is 2.84. The Labute approximate surface area is 132 Å². The third-order valence-electron chi connectivity index (χ3n) is 3.98. The molecule has 0 amide bonds. The zero-order valence-corrected chi connectivity index (χ0v) is 13.3. The fourth-order valence-electron chi connectivity index (χ4n) is 2.86. The molecule has 114 valence electrons. The van der Waals surface area contributed by atoms with E-state index < -0.39 is 0 Å². The molecule has 2 atom stereocenters. The summed E-state index contributed by atoms with van der Waals surface area (Å²) in [7, 11) is 0. The maximum absolute atomic E-state index is 6.26. The van der Waals surface area contributed by atoms with Crippen LogP contribution in [0.1, 0.15) is 38.0 Å². The highest BCUT2D eigenvalue weighted by molar-refractivity contribution is 5.94. The molecule has 1 aliphatic heterocycles. The van der Waals surface area contributed by atoms with Crippen LogP contribution >= 0.6 is 0 Å². The Balaban J connectivity index is 1.99. The molecule has 0 unspecified atom stereocenters. The molecule has 1 heterocycles. The SMILES string of the molecule is CC(C)N1N=C(c2ccccc2)O[C@@H](c2ccccc2)[C@@H]1C. The van der Waals surface area contributed by atoms with E-state index in [1.54, 1.807) is 0 Å². The van der Waals surface area contributed by atoms with E-state index >= 15 is 0 Å². The van der Waals surface area contributed by atoms with Gasteiger partial charge in [-0.25, -0.2) is 0 Å². The van der Waals surface area contributed by atoms with Gasteiger partial charge in [-0.2, -0.15) is 0 Å². The molecule has 0 aliphatic carbocycles. The van der Waals surface area contributed by atoms with Crippen molar-refractivity contribution >= 4 is 5.90 Å². The number of hydrogen-bond donors (Lipinski definition) is 0. The van der Waals surface area contributed by atoms with Crippen LogP contribution < -0.4 is 0 Å². The number of ether oxygens (including phenoxy) is 1. The van der Waals surface area contributed by atoms with Crippen molar-refractivity contribution in [3.05, 3.63) is 71.8 Å². The van der Waals surface area contributed by atoms with Gasteiger partial charge in [-0.15, -0.1) is 5.10 Å². The molecule has 3 heteroatoms. The molecule has 22 heavy (non-hydrogen) atoms. The molecule has 0 bridgehead atoms. The summed E-state index contributed by atoms with van der Waals surface area (Å²) in [6.45, 7) is 6.49. The smallest absolute Gasteiger partial charge is 0.238 e. The summed E-state index contributed by atoms with van der Waals surface area (Å²) in [6.07, 6.45) is -0.0173. The number of nitrogens with zero attached hydrogens (tertiary/aromatic N) is 2. The zero-order valence-electron chi connectivity index (χ0n) is 13.3. The molecule has 3 nitrogen and oxygen atoms in total. The third-order valence-corrected chi connectivity index (χ3v) is 3.98. The van der Waals surface area contributed by atoms with Gasteiger partial charge < -0.3 is 4.74 Å². The lowest BCUT2D eigenvalue weighted by Gasteiger charge is -2.40. The fourth-order valence-corrected chi connectivity index (χ4v) is 2.86. The molecule has 1 aliphatic rings. The minimum atomic E-state index is -0.0173. The molecule has 2 aromatic carbocycles. The standard InChI is InChI=1S/C19H22N2O/c1-14(2)21-15(3)18(16-10-6-4-7-11-16)22-19(20-21)17-12-8-5-9-13-17/h4-15,18H,1-3H3/t15-,18+/m0/s1. The molecule has 0 saturated heterocycles. The normalized spacial score (nSPS) is 21.5. The van der Waals surface area contributed by atoms with Crippen molar-refractivity contribution in [2.45, 2.75) is 39.0 Å². The summed E-state index contributed by atoms with van der Waals surface area (Å²) in [6, 6.07) is 21.0. The van der Waals surface area contributed by atoms with E-state index in [0.717, 1.165) is 5.56 Å². The van der Waals surface area contributed by atoms with Crippen LogP contribution in [-0.2, 0) is 4.74 Å². The summed E-state index contributed by atoms with van der Waals surface area (Å²) < 4.78 is 6.26. The zero-order chi connectivity index (χ0) is 15.5. The average Bonchev–Trinajstić information content (AvgIpc) is 2.56. The van der Waals surface area contributed by atoms with Crippen molar-refractivity contribution < 1.29 is 4.74 Å². The Morgan fingerprint density at radius 1 is 0.955 bits per heavy atom. The number of rotatable bonds is 3. The Bertz CT molecular complexity index is 637. The second-order valence-corrected chi connectivity index (χ2v) is 5.93. The molecule has 0 fully saturated rings. The van der Waals surface area contributed by atoms with Crippen LogP contribution in [0.2, 0.25) is 0 Å². The second kappa shape index (κ2) is 6.22. The molecule has 0 saturated carbocycles. The predicted molar refractivity (Wildman–Crippen MR) is 89.7 cm³/mol. The molecular formula is C19H22N2O. The first kappa shape index (κ1) is 14.6. The van der Waals surface area contributed by atoms with E-state index in [4.69, 9.17) is 9.84 Å². The summed E-state index contributed by atoms with van der Waals surface area (Å²) in [5.74, 6) is 0.696. The number of benzene rings is 2. The van der Waals surface area contributed by atoms with Gasteiger partial charge in [0.05, 0.1) is 6.04 Å². The maximum atomic E-state index is 6.26. The lowest BCUT2D eigenvalue weighted by molar-refractivity contribution is 0.0196. The van der Waals surface area contributed by atoms with Gasteiger partial charge in [0.15, 0.2) is 0 Å². The van der Waals surface area contributed by atoms with Crippen molar-refractivity contribution in [2.75, 3.05) is 0 Å². The number of hydrazone groups is 1. The van der Waals surface area contributed by atoms with Gasteiger partial charge >= 0.3 is 0 Å². The first-order valence-electron chi connectivity index (χ1n) is 7.81. The van der Waals surface area contributed by atoms with Crippen LogP contribution in [0.4, 0.5) is 0 Å². The summed E-state index contributed by atoms with van der Waals surface area (Å²) >= 11 is 0. The van der Waals surface area contributed by atoms with E-state index in [-0.39, 0.29) is 12.1 Å². The highest BCUT2D eigenvalue weighted by atomic mass is 16.5. The summed E-state index contributed by atoms with van der Waals surface area (Å²) in [5.41, 5.74) is 2.20. The lowest BCUT2D eigenvalue weighted by atomic mass is 10.0. The van der Waals surface area contributed by atoms with Gasteiger partial charge in [0.1, 0.15) is 6.10 Å². The molecule has 0 N–H and O–H groups in total. The van der Waals surface area contributed by atoms with Crippen LogP contribution in [0.15, 0.2) is 65.8 Å². The Morgan fingerprint density at radius 3 is 2.14 bits per heavy atom. The Hall–Kier alpha value is -2.29. The lowest BCUT2D eigenvalue weighted by Crippen LogP contribution is -2.44. The van der Waals surface area contributed by atoms with Crippen LogP contribution in [0.5, 0.6) is 0 Å². The van der Waals surface area contributed by atoms with Gasteiger partial charge in [-0.1, -0.05) is 48.5 Å². The van der Waals surface area contributed by atoms with Crippen molar-refractivity contribution in [3.8, 4) is 0 Å². The minimum Gasteiger partial charge on any atom is -0.466 e. The van der Waals surface area contributed by atoms with Gasteiger partial charge in [-0.3, -0.25) is 5.01 Å². The fraction of sp³-hybridized carbons (Fsp3) is 0.316. The first-order valence-corrected chi connectivity index (χ1v) is 7.81. The van der Waals surface area contributed by atoms with E-state index in [0.29, 0.717) is 11.9 Å². The van der Waals surface area contributed by atoms with Crippen molar-refractivity contribution in [2.24, 2.45) is 5.10 Å². The first-order chi connectivity index (χ1) is 10.7. The predicted octanol–water partition coefficient (Wildman–Crippen LogP) is 4.22. The van der Waals surface area contributed by atoms with Gasteiger partial charge in [-0.05, 0) is 38.5 Å². The van der Waals surface area contributed by atoms with Crippen molar-refractivity contribution in [3.63, 3.8) is 0 Å². The number of hydrogen-bond acceptors (Lipinski definition) is 3. The Morgan fingerprint density at radius 2 is 1.55 bits per heavy atom. The van der Waals surface area contributed by atoms with Crippen molar-refractivity contribution in [1.82, 2.24) is 5.01 Å². The Kier molecular flexibility index (Phi) is 4.14. The van der Waals surface area contributed by atoms with E-state index in [1.165, 1.54) is 5.56 Å². The largest absolute Gasteiger partial charge is 0.466 e. The van der Waals surface area contributed by atoms with Crippen LogP contribution in [0.3, 0.4) is 0 Å². The van der Waals surface area contributed by atoms with Gasteiger partial charge in [0, 0.05) is 11.6 Å². The molecule has 0 radical (unpaired) electrons. The highest BCUT2D eigenvalue weighted by Gasteiger charge is 2.33. The van der Waals surface area contributed by atoms with Crippen LogP contribution in [0.25, 0.3) is 0 Å². The van der Waals surface area contributed by atoms with E-state index in [2.05, 4.69) is 50.0 Å². The highest BCUT2D eigenvalue weighted by Crippen LogP contribution is 2.31. The van der Waals surface area contributed by atoms with E-state index in [9.17, 15) is 0 Å². The minimum absolute atomic E-state index is 0.0173. The molecular weight excluding hydrogens is 272 g/mol. The average molecular weight is 294 g/mol.